The minimum atomic E-state index is -3.64. The molecule has 108 valence electrons. The van der Waals surface area contributed by atoms with Gasteiger partial charge in [-0.25, -0.2) is 18.1 Å². The average Bonchev–Trinajstić information content (AvgIpc) is 2.82. The fraction of sp³-hybridized carbons (Fsp3) is 0.133. The molecule has 0 amide bonds. The highest BCUT2D eigenvalue weighted by Crippen LogP contribution is 2.19. The molecule has 0 radical (unpaired) electrons. The van der Waals surface area contributed by atoms with Gasteiger partial charge in [0.1, 0.15) is 0 Å². The summed E-state index contributed by atoms with van der Waals surface area (Å²) in [6, 6.07) is 12.4. The van der Waals surface area contributed by atoms with E-state index in [9.17, 15) is 8.42 Å². The lowest BCUT2D eigenvalue weighted by molar-refractivity contribution is 0.601. The Morgan fingerprint density at radius 1 is 1.05 bits per heavy atom. The molecule has 2 N–H and O–H groups in total. The zero-order chi connectivity index (χ0) is 15.0. The van der Waals surface area contributed by atoms with Gasteiger partial charge in [0.05, 0.1) is 15.9 Å². The number of hydrogen-bond acceptors (Lipinski definition) is 3. The Kier molecular flexibility index (Phi) is 3.17. The third kappa shape index (κ3) is 2.62. The highest BCUT2D eigenvalue weighted by atomic mass is 32.2. The fourth-order valence-corrected chi connectivity index (χ4v) is 3.12. The predicted octanol–water partition coefficient (Wildman–Crippen LogP) is 2.98. The van der Waals surface area contributed by atoms with Gasteiger partial charge in [-0.05, 0) is 49.2 Å². The zero-order valence-corrected chi connectivity index (χ0v) is 12.5. The van der Waals surface area contributed by atoms with Gasteiger partial charge in [0.2, 0.25) is 5.95 Å². The first kappa shape index (κ1) is 13.6. The van der Waals surface area contributed by atoms with Crippen LogP contribution in [0.15, 0.2) is 47.4 Å². The van der Waals surface area contributed by atoms with Gasteiger partial charge < -0.3 is 4.98 Å². The number of fused-ring (bicyclic) bond motifs is 1. The molecule has 0 aliphatic carbocycles. The lowest BCUT2D eigenvalue weighted by Gasteiger charge is -2.07. The van der Waals surface area contributed by atoms with E-state index in [4.69, 9.17) is 0 Å². The number of para-hydroxylation sites is 2. The third-order valence-corrected chi connectivity index (χ3v) is 4.75. The Bertz CT molecular complexity index is 881. The van der Waals surface area contributed by atoms with E-state index in [0.717, 1.165) is 22.2 Å². The number of rotatable bonds is 3. The quantitative estimate of drug-likeness (QED) is 0.781. The van der Waals surface area contributed by atoms with E-state index < -0.39 is 10.0 Å². The zero-order valence-electron chi connectivity index (χ0n) is 11.7. The number of sulfonamides is 1. The Balaban J connectivity index is 1.96. The molecule has 0 bridgehead atoms. The van der Waals surface area contributed by atoms with Gasteiger partial charge in [0.15, 0.2) is 0 Å². The van der Waals surface area contributed by atoms with E-state index >= 15 is 0 Å². The summed E-state index contributed by atoms with van der Waals surface area (Å²) in [5.41, 5.74) is 3.49. The summed E-state index contributed by atoms with van der Waals surface area (Å²) in [5.74, 6) is 0.217. The summed E-state index contributed by atoms with van der Waals surface area (Å²) in [6.45, 7) is 3.83. The second-order valence-electron chi connectivity index (χ2n) is 4.95. The van der Waals surface area contributed by atoms with E-state index in [1.54, 1.807) is 18.2 Å². The summed E-state index contributed by atoms with van der Waals surface area (Å²) >= 11 is 0. The van der Waals surface area contributed by atoms with Crippen LogP contribution in [0.5, 0.6) is 0 Å². The number of aromatic nitrogens is 2. The van der Waals surface area contributed by atoms with Crippen LogP contribution in [-0.2, 0) is 10.0 Å². The number of anilines is 1. The van der Waals surface area contributed by atoms with Crippen LogP contribution in [0.1, 0.15) is 11.1 Å². The molecule has 5 nitrogen and oxygen atoms in total. The maximum absolute atomic E-state index is 12.4. The molecule has 1 heterocycles. The van der Waals surface area contributed by atoms with Gasteiger partial charge in [0.25, 0.3) is 10.0 Å². The van der Waals surface area contributed by atoms with Crippen LogP contribution in [0.2, 0.25) is 0 Å². The van der Waals surface area contributed by atoms with E-state index in [2.05, 4.69) is 14.7 Å². The van der Waals surface area contributed by atoms with Crippen LogP contribution < -0.4 is 4.72 Å². The van der Waals surface area contributed by atoms with Gasteiger partial charge in [-0.1, -0.05) is 18.2 Å². The lowest BCUT2D eigenvalue weighted by Crippen LogP contribution is -2.14. The fourth-order valence-electron chi connectivity index (χ4n) is 2.07. The van der Waals surface area contributed by atoms with Crippen molar-refractivity contribution >= 4 is 27.0 Å². The SMILES string of the molecule is Cc1ccc(S(=O)(=O)Nc2nc3ccccc3[nH]2)cc1C. The third-order valence-electron chi connectivity index (χ3n) is 3.41. The summed E-state index contributed by atoms with van der Waals surface area (Å²) in [4.78, 5) is 7.39. The molecule has 1 aromatic heterocycles. The summed E-state index contributed by atoms with van der Waals surface area (Å²) in [6.07, 6.45) is 0. The van der Waals surface area contributed by atoms with Crippen molar-refractivity contribution in [1.29, 1.82) is 0 Å². The summed E-state index contributed by atoms with van der Waals surface area (Å²) < 4.78 is 27.2. The van der Waals surface area contributed by atoms with Crippen LogP contribution in [0.25, 0.3) is 11.0 Å². The molecular formula is C15H15N3O2S. The first-order valence-electron chi connectivity index (χ1n) is 6.50. The van der Waals surface area contributed by atoms with E-state index in [-0.39, 0.29) is 10.8 Å². The summed E-state index contributed by atoms with van der Waals surface area (Å²) in [7, 11) is -3.64. The Morgan fingerprint density at radius 3 is 2.52 bits per heavy atom. The second kappa shape index (κ2) is 4.89. The van der Waals surface area contributed by atoms with Crippen molar-refractivity contribution < 1.29 is 8.42 Å². The van der Waals surface area contributed by atoms with Crippen LogP contribution in [-0.4, -0.2) is 18.4 Å². The minimum Gasteiger partial charge on any atom is -0.323 e. The van der Waals surface area contributed by atoms with Crippen LogP contribution in [0.4, 0.5) is 5.95 Å². The minimum absolute atomic E-state index is 0.217. The standard InChI is InChI=1S/C15H15N3O2S/c1-10-7-8-12(9-11(10)2)21(19,20)18-15-16-13-5-3-4-6-14(13)17-15/h3-9H,1-2H3,(H2,16,17,18). The maximum Gasteiger partial charge on any atom is 0.264 e. The Labute approximate surface area is 123 Å². The number of nitrogens with zero attached hydrogens (tertiary/aromatic N) is 1. The number of benzene rings is 2. The van der Waals surface area contributed by atoms with Crippen LogP contribution in [0.3, 0.4) is 0 Å². The van der Waals surface area contributed by atoms with Crippen LogP contribution >= 0.6 is 0 Å². The topological polar surface area (TPSA) is 74.8 Å². The molecule has 0 saturated carbocycles. The van der Waals surface area contributed by atoms with Crippen LogP contribution in [0, 0.1) is 13.8 Å². The lowest BCUT2D eigenvalue weighted by atomic mass is 10.1. The molecule has 0 unspecified atom stereocenters. The first-order chi connectivity index (χ1) is 9.95. The highest BCUT2D eigenvalue weighted by molar-refractivity contribution is 7.92. The summed E-state index contributed by atoms with van der Waals surface area (Å²) in [5, 5.41) is 0. The molecule has 3 aromatic rings. The molecule has 0 atom stereocenters. The monoisotopic (exact) mass is 301 g/mol. The normalized spacial score (nSPS) is 11.7. The van der Waals surface area contributed by atoms with Crippen molar-refractivity contribution in [1.82, 2.24) is 9.97 Å². The number of nitrogens with one attached hydrogen (secondary N) is 2. The molecule has 3 rings (SSSR count). The second-order valence-corrected chi connectivity index (χ2v) is 6.64. The Morgan fingerprint density at radius 2 is 1.81 bits per heavy atom. The highest BCUT2D eigenvalue weighted by Gasteiger charge is 2.16. The van der Waals surface area contributed by atoms with Gasteiger partial charge in [-0.15, -0.1) is 0 Å². The molecule has 0 aliphatic rings. The van der Waals surface area contributed by atoms with Crippen molar-refractivity contribution in [2.24, 2.45) is 0 Å². The number of H-pyrrole nitrogens is 1. The largest absolute Gasteiger partial charge is 0.323 e. The van der Waals surface area contributed by atoms with Crippen molar-refractivity contribution in [3.05, 3.63) is 53.6 Å². The molecule has 0 aliphatic heterocycles. The Hall–Kier alpha value is -2.34. The number of hydrogen-bond donors (Lipinski definition) is 2. The van der Waals surface area contributed by atoms with Crippen molar-refractivity contribution in [2.45, 2.75) is 18.7 Å². The first-order valence-corrected chi connectivity index (χ1v) is 7.99. The van der Waals surface area contributed by atoms with Crippen molar-refractivity contribution in [3.8, 4) is 0 Å². The van der Waals surface area contributed by atoms with E-state index in [1.165, 1.54) is 0 Å². The number of aryl methyl sites for hydroxylation is 2. The van der Waals surface area contributed by atoms with Gasteiger partial charge >= 0.3 is 0 Å². The van der Waals surface area contributed by atoms with Crippen molar-refractivity contribution in [3.63, 3.8) is 0 Å². The van der Waals surface area contributed by atoms with Gasteiger partial charge in [-0.3, -0.25) is 0 Å². The maximum atomic E-state index is 12.4. The van der Waals surface area contributed by atoms with Gasteiger partial charge in [0, 0.05) is 0 Å². The van der Waals surface area contributed by atoms with Crippen molar-refractivity contribution in [2.75, 3.05) is 4.72 Å². The number of aromatic amines is 1. The van der Waals surface area contributed by atoms with Gasteiger partial charge in [-0.2, -0.15) is 0 Å². The molecule has 21 heavy (non-hydrogen) atoms. The molecular weight excluding hydrogens is 286 g/mol. The molecule has 0 spiro atoms. The van der Waals surface area contributed by atoms with E-state index in [0.29, 0.717) is 0 Å². The molecule has 0 saturated heterocycles. The average molecular weight is 301 g/mol. The van der Waals surface area contributed by atoms with E-state index in [1.807, 2.05) is 38.1 Å². The predicted molar refractivity (Wildman–Crippen MR) is 82.8 cm³/mol. The molecule has 2 aromatic carbocycles. The number of imidazole rings is 1. The molecule has 0 fully saturated rings. The smallest absolute Gasteiger partial charge is 0.264 e. The molecule has 6 heteroatoms.